The van der Waals surface area contributed by atoms with Gasteiger partial charge in [0.15, 0.2) is 0 Å². The maximum atomic E-state index is 11.5. The standard InChI is InChI=1S/C11H20N2O4/c1-8(2)12-10(14)7-13-3-4-17-9(6-13)5-11(15)16/h8-9H,3-7H2,1-2H3,(H,12,14)(H,15,16). The molecule has 1 saturated heterocycles. The molecule has 0 aliphatic carbocycles. The van der Waals surface area contributed by atoms with Gasteiger partial charge in [-0.05, 0) is 13.8 Å². The Hall–Kier alpha value is -1.14. The fourth-order valence-corrected chi connectivity index (χ4v) is 1.81. The van der Waals surface area contributed by atoms with Gasteiger partial charge in [0.05, 0.1) is 25.7 Å². The van der Waals surface area contributed by atoms with Crippen molar-refractivity contribution in [2.45, 2.75) is 32.4 Å². The van der Waals surface area contributed by atoms with Crippen LogP contribution in [0.1, 0.15) is 20.3 Å². The van der Waals surface area contributed by atoms with Crippen LogP contribution in [0.4, 0.5) is 0 Å². The molecule has 17 heavy (non-hydrogen) atoms. The third-order valence-corrected chi connectivity index (χ3v) is 2.44. The van der Waals surface area contributed by atoms with E-state index in [1.807, 2.05) is 18.7 Å². The summed E-state index contributed by atoms with van der Waals surface area (Å²) in [7, 11) is 0. The molecule has 0 aromatic rings. The number of nitrogens with zero attached hydrogens (tertiary/aromatic N) is 1. The van der Waals surface area contributed by atoms with Gasteiger partial charge in [0.2, 0.25) is 5.91 Å². The van der Waals surface area contributed by atoms with Crippen LogP contribution < -0.4 is 5.32 Å². The molecule has 0 bridgehead atoms. The summed E-state index contributed by atoms with van der Waals surface area (Å²) < 4.78 is 5.33. The van der Waals surface area contributed by atoms with Gasteiger partial charge in [-0.25, -0.2) is 0 Å². The first-order chi connectivity index (χ1) is 7.97. The van der Waals surface area contributed by atoms with E-state index in [-0.39, 0.29) is 24.5 Å². The highest BCUT2D eigenvalue weighted by Crippen LogP contribution is 2.08. The Morgan fingerprint density at radius 2 is 2.24 bits per heavy atom. The summed E-state index contributed by atoms with van der Waals surface area (Å²) in [5, 5.41) is 11.5. The van der Waals surface area contributed by atoms with E-state index in [4.69, 9.17) is 9.84 Å². The van der Waals surface area contributed by atoms with Crippen LogP contribution in [0.2, 0.25) is 0 Å². The van der Waals surface area contributed by atoms with Gasteiger partial charge in [0.1, 0.15) is 0 Å². The zero-order chi connectivity index (χ0) is 12.8. The molecule has 1 fully saturated rings. The van der Waals surface area contributed by atoms with Crippen molar-refractivity contribution in [3.63, 3.8) is 0 Å². The molecular formula is C11H20N2O4. The van der Waals surface area contributed by atoms with Crippen molar-refractivity contribution in [2.75, 3.05) is 26.2 Å². The van der Waals surface area contributed by atoms with Gasteiger partial charge < -0.3 is 15.2 Å². The fraction of sp³-hybridized carbons (Fsp3) is 0.818. The van der Waals surface area contributed by atoms with E-state index in [1.165, 1.54) is 0 Å². The van der Waals surface area contributed by atoms with E-state index < -0.39 is 5.97 Å². The lowest BCUT2D eigenvalue weighted by Crippen LogP contribution is -2.48. The number of carboxylic acids is 1. The monoisotopic (exact) mass is 244 g/mol. The van der Waals surface area contributed by atoms with Crippen LogP contribution in [0.5, 0.6) is 0 Å². The Morgan fingerprint density at radius 3 is 2.82 bits per heavy atom. The normalized spacial score (nSPS) is 21.5. The lowest BCUT2D eigenvalue weighted by atomic mass is 10.2. The molecule has 0 saturated carbocycles. The first kappa shape index (κ1) is 13.9. The van der Waals surface area contributed by atoms with Crippen molar-refractivity contribution in [3.8, 4) is 0 Å². The van der Waals surface area contributed by atoms with Crippen LogP contribution in [0.15, 0.2) is 0 Å². The molecule has 1 atom stereocenters. The number of hydrogen-bond acceptors (Lipinski definition) is 4. The summed E-state index contributed by atoms with van der Waals surface area (Å²) in [6.45, 7) is 5.76. The molecular weight excluding hydrogens is 224 g/mol. The predicted molar refractivity (Wildman–Crippen MR) is 61.7 cm³/mol. The molecule has 1 unspecified atom stereocenters. The summed E-state index contributed by atoms with van der Waals surface area (Å²) in [6.07, 6.45) is -0.324. The van der Waals surface area contributed by atoms with Crippen molar-refractivity contribution in [1.82, 2.24) is 10.2 Å². The van der Waals surface area contributed by atoms with Crippen molar-refractivity contribution in [3.05, 3.63) is 0 Å². The second kappa shape index (κ2) is 6.56. The zero-order valence-corrected chi connectivity index (χ0v) is 10.3. The van der Waals surface area contributed by atoms with E-state index in [0.717, 1.165) is 0 Å². The van der Waals surface area contributed by atoms with E-state index in [9.17, 15) is 9.59 Å². The number of rotatable bonds is 5. The van der Waals surface area contributed by atoms with Crippen LogP contribution in [-0.2, 0) is 14.3 Å². The van der Waals surface area contributed by atoms with Crippen LogP contribution in [0.3, 0.4) is 0 Å². The average Bonchev–Trinajstić information content (AvgIpc) is 2.14. The summed E-state index contributed by atoms with van der Waals surface area (Å²) in [6, 6.07) is 0.123. The number of aliphatic carboxylic acids is 1. The van der Waals surface area contributed by atoms with Crippen LogP contribution in [-0.4, -0.2) is 60.3 Å². The van der Waals surface area contributed by atoms with Crippen LogP contribution in [0, 0.1) is 0 Å². The van der Waals surface area contributed by atoms with Gasteiger partial charge in [0.25, 0.3) is 0 Å². The Labute approximate surface area is 101 Å². The lowest BCUT2D eigenvalue weighted by Gasteiger charge is -2.31. The minimum absolute atomic E-state index is 0.0116. The van der Waals surface area contributed by atoms with E-state index >= 15 is 0 Å². The molecule has 6 nitrogen and oxygen atoms in total. The van der Waals surface area contributed by atoms with Crippen LogP contribution in [0.25, 0.3) is 0 Å². The molecule has 0 spiro atoms. The highest BCUT2D eigenvalue weighted by Gasteiger charge is 2.23. The first-order valence-corrected chi connectivity index (χ1v) is 5.82. The molecule has 2 N–H and O–H groups in total. The number of nitrogens with one attached hydrogen (secondary N) is 1. The molecule has 0 radical (unpaired) electrons. The maximum absolute atomic E-state index is 11.5. The minimum atomic E-state index is -0.872. The van der Waals surface area contributed by atoms with Gasteiger partial charge in [-0.15, -0.1) is 0 Å². The Balaban J connectivity index is 2.34. The highest BCUT2D eigenvalue weighted by atomic mass is 16.5. The van der Waals surface area contributed by atoms with E-state index in [0.29, 0.717) is 26.2 Å². The van der Waals surface area contributed by atoms with Gasteiger partial charge in [-0.2, -0.15) is 0 Å². The number of morpholine rings is 1. The SMILES string of the molecule is CC(C)NC(=O)CN1CCOC(CC(=O)O)C1. The summed E-state index contributed by atoms with van der Waals surface area (Å²) in [5.74, 6) is -0.903. The first-order valence-electron chi connectivity index (χ1n) is 5.82. The van der Waals surface area contributed by atoms with Crippen molar-refractivity contribution < 1.29 is 19.4 Å². The van der Waals surface area contributed by atoms with Crippen LogP contribution >= 0.6 is 0 Å². The van der Waals surface area contributed by atoms with Crippen molar-refractivity contribution in [2.24, 2.45) is 0 Å². The third-order valence-electron chi connectivity index (χ3n) is 2.44. The molecule has 98 valence electrons. The largest absolute Gasteiger partial charge is 0.481 e. The summed E-state index contributed by atoms with van der Waals surface area (Å²) in [4.78, 5) is 24.0. The number of ether oxygens (including phenoxy) is 1. The Kier molecular flexibility index (Phi) is 5.37. The second-order valence-corrected chi connectivity index (χ2v) is 4.55. The summed E-state index contributed by atoms with van der Waals surface area (Å²) >= 11 is 0. The molecule has 1 heterocycles. The molecule has 1 aliphatic rings. The number of carbonyl (C=O) groups is 2. The van der Waals surface area contributed by atoms with Crippen molar-refractivity contribution in [1.29, 1.82) is 0 Å². The predicted octanol–water partition coefficient (Wildman–Crippen LogP) is -0.313. The van der Waals surface area contributed by atoms with E-state index in [1.54, 1.807) is 0 Å². The number of amides is 1. The lowest BCUT2D eigenvalue weighted by molar-refractivity contribution is -0.142. The third kappa shape index (κ3) is 5.65. The molecule has 1 aliphatic heterocycles. The molecule has 6 heteroatoms. The fourth-order valence-electron chi connectivity index (χ4n) is 1.81. The van der Waals surface area contributed by atoms with Gasteiger partial charge in [-0.3, -0.25) is 14.5 Å². The van der Waals surface area contributed by atoms with Gasteiger partial charge >= 0.3 is 5.97 Å². The second-order valence-electron chi connectivity index (χ2n) is 4.55. The smallest absolute Gasteiger partial charge is 0.306 e. The number of carbonyl (C=O) groups excluding carboxylic acids is 1. The minimum Gasteiger partial charge on any atom is -0.481 e. The molecule has 1 amide bonds. The number of hydrogen-bond donors (Lipinski definition) is 2. The quantitative estimate of drug-likeness (QED) is 0.693. The van der Waals surface area contributed by atoms with Gasteiger partial charge in [0, 0.05) is 19.1 Å². The topological polar surface area (TPSA) is 78.9 Å². The zero-order valence-electron chi connectivity index (χ0n) is 10.3. The molecule has 0 aromatic heterocycles. The summed E-state index contributed by atoms with van der Waals surface area (Å²) in [5.41, 5.74) is 0. The highest BCUT2D eigenvalue weighted by molar-refractivity contribution is 5.78. The number of carboxylic acid groups (broad SMARTS) is 1. The van der Waals surface area contributed by atoms with Gasteiger partial charge in [-0.1, -0.05) is 0 Å². The van der Waals surface area contributed by atoms with Crippen molar-refractivity contribution >= 4 is 11.9 Å². The maximum Gasteiger partial charge on any atom is 0.306 e. The van der Waals surface area contributed by atoms with E-state index in [2.05, 4.69) is 5.32 Å². The molecule has 0 aromatic carbocycles. The Morgan fingerprint density at radius 1 is 1.53 bits per heavy atom. The Bertz CT molecular complexity index is 281. The average molecular weight is 244 g/mol. The molecule has 1 rings (SSSR count).